The molecule has 6 N–H and O–H groups in total. The summed E-state index contributed by atoms with van der Waals surface area (Å²) in [6, 6.07) is 11.0. The number of aromatic hydroxyl groups is 4. The van der Waals surface area contributed by atoms with Gasteiger partial charge in [0.2, 0.25) is 5.75 Å². The molecular formula is C38H38N2O10. The topological polar surface area (TPSA) is 188 Å². The number of carbonyl (C=O) groups excluding carboxylic acids is 3. The maximum absolute atomic E-state index is 13.5. The summed E-state index contributed by atoms with van der Waals surface area (Å²) in [5, 5.41) is 47.8. The molecule has 1 aromatic heterocycles. The third kappa shape index (κ3) is 6.35. The average molecular weight is 683 g/mol. The van der Waals surface area contributed by atoms with E-state index in [1.54, 1.807) is 32.0 Å². The van der Waals surface area contributed by atoms with Gasteiger partial charge >= 0.3 is 0 Å². The van der Waals surface area contributed by atoms with Gasteiger partial charge in [-0.3, -0.25) is 14.4 Å². The Hall–Kier alpha value is -6.17. The predicted octanol–water partition coefficient (Wildman–Crippen LogP) is 6.47. The second kappa shape index (κ2) is 13.7. The molecule has 4 aromatic carbocycles. The molecule has 5 aromatic rings. The fourth-order valence-corrected chi connectivity index (χ4v) is 6.11. The smallest absolute Gasteiger partial charge is 0.255 e. The minimum absolute atomic E-state index is 0.0371. The first-order valence-corrected chi connectivity index (χ1v) is 15.6. The van der Waals surface area contributed by atoms with Crippen LogP contribution in [0.25, 0.3) is 10.9 Å². The standard InChI is InChI=1S/C38H38N2O10/c1-17-10-23(19(3)41)35(45)27(33(17)43)15-26-25-14-22(39-38(47)21-12-31(48-5)37(50-7)32(13-21)49-6)8-9-29(25)40-30(26)16-28-34(44)18(2)11-24(20(4)42)36(28)46/h8-14,40,43-46H,15-16H2,1-7H3,(H,39,47). The van der Waals surface area contributed by atoms with E-state index in [0.29, 0.717) is 56.2 Å². The SMILES string of the molecule is COc1cc(C(=O)Nc2ccc3[nH]c(Cc4c(O)c(C)cc(C(C)=O)c4O)c(Cc4c(O)c(C)cc(C(C)=O)c4O)c3c2)cc(OC)c1OC. The Morgan fingerprint density at radius 1 is 0.680 bits per heavy atom. The quantitative estimate of drug-likeness (QED) is 0.0843. The summed E-state index contributed by atoms with van der Waals surface area (Å²) < 4.78 is 16.1. The molecule has 0 radical (unpaired) electrons. The van der Waals surface area contributed by atoms with E-state index < -0.39 is 11.7 Å². The van der Waals surface area contributed by atoms with Crippen LogP contribution in [0, 0.1) is 13.8 Å². The number of aromatic nitrogens is 1. The van der Waals surface area contributed by atoms with Crippen LogP contribution >= 0.6 is 0 Å². The van der Waals surface area contributed by atoms with E-state index in [2.05, 4.69) is 10.3 Å². The Morgan fingerprint density at radius 3 is 1.68 bits per heavy atom. The maximum atomic E-state index is 13.5. The number of fused-ring (bicyclic) bond motifs is 1. The average Bonchev–Trinajstić information content (AvgIpc) is 3.42. The fraction of sp³-hybridized carbons (Fsp3) is 0.237. The third-order valence-corrected chi connectivity index (χ3v) is 8.77. The zero-order valence-corrected chi connectivity index (χ0v) is 28.7. The maximum Gasteiger partial charge on any atom is 0.255 e. The molecule has 5 rings (SSSR count). The Morgan fingerprint density at radius 2 is 1.20 bits per heavy atom. The van der Waals surface area contributed by atoms with E-state index in [9.17, 15) is 34.8 Å². The molecule has 0 aliphatic rings. The zero-order chi connectivity index (χ0) is 36.6. The number of Topliss-reactive ketones (excluding diaryl/α,β-unsaturated/α-hetero) is 2. The van der Waals surface area contributed by atoms with E-state index in [-0.39, 0.29) is 69.4 Å². The molecule has 0 bridgehead atoms. The van der Waals surface area contributed by atoms with Gasteiger partial charge in [0.1, 0.15) is 23.0 Å². The van der Waals surface area contributed by atoms with Gasteiger partial charge in [0.15, 0.2) is 23.1 Å². The molecule has 0 saturated heterocycles. The van der Waals surface area contributed by atoms with Gasteiger partial charge in [-0.15, -0.1) is 0 Å². The molecule has 0 unspecified atom stereocenters. The van der Waals surface area contributed by atoms with Crippen LogP contribution < -0.4 is 19.5 Å². The molecule has 0 saturated carbocycles. The number of phenols is 4. The first kappa shape index (κ1) is 35.1. The van der Waals surface area contributed by atoms with Crippen LogP contribution in [0.5, 0.6) is 40.2 Å². The van der Waals surface area contributed by atoms with Crippen molar-refractivity contribution in [2.75, 3.05) is 26.6 Å². The second-order valence-electron chi connectivity index (χ2n) is 12.0. The number of aryl methyl sites for hydroxylation is 2. The van der Waals surface area contributed by atoms with Crippen molar-refractivity contribution in [2.24, 2.45) is 0 Å². The first-order chi connectivity index (χ1) is 23.7. The van der Waals surface area contributed by atoms with Crippen molar-refractivity contribution >= 4 is 34.1 Å². The Balaban J connectivity index is 1.67. The Labute approximate surface area is 287 Å². The summed E-state index contributed by atoms with van der Waals surface area (Å²) in [4.78, 5) is 41.5. The second-order valence-corrected chi connectivity index (χ2v) is 12.0. The van der Waals surface area contributed by atoms with Crippen molar-refractivity contribution in [3.63, 3.8) is 0 Å². The number of hydrogen-bond acceptors (Lipinski definition) is 10. The summed E-state index contributed by atoms with van der Waals surface area (Å²) in [5.41, 5.74) is 3.26. The van der Waals surface area contributed by atoms with Gasteiger partial charge < -0.3 is 44.9 Å². The van der Waals surface area contributed by atoms with Crippen molar-refractivity contribution in [1.29, 1.82) is 0 Å². The number of rotatable bonds is 11. The number of H-pyrrole nitrogens is 1. The van der Waals surface area contributed by atoms with Crippen molar-refractivity contribution in [2.45, 2.75) is 40.5 Å². The third-order valence-electron chi connectivity index (χ3n) is 8.77. The summed E-state index contributed by atoms with van der Waals surface area (Å²) in [5.74, 6) is -1.50. The molecular weight excluding hydrogens is 644 g/mol. The summed E-state index contributed by atoms with van der Waals surface area (Å²) in [6.45, 7) is 5.86. The number of benzene rings is 4. The van der Waals surface area contributed by atoms with E-state index in [1.807, 2.05) is 0 Å². The Kier molecular flexibility index (Phi) is 9.66. The van der Waals surface area contributed by atoms with E-state index >= 15 is 0 Å². The lowest BCUT2D eigenvalue weighted by atomic mass is 9.92. The van der Waals surface area contributed by atoms with Crippen LogP contribution in [0.1, 0.15) is 78.4 Å². The molecule has 1 heterocycles. The number of amides is 1. The van der Waals surface area contributed by atoms with Gasteiger partial charge in [-0.2, -0.15) is 0 Å². The minimum atomic E-state index is -0.479. The highest BCUT2D eigenvalue weighted by Gasteiger charge is 2.25. The predicted molar refractivity (Wildman–Crippen MR) is 187 cm³/mol. The lowest BCUT2D eigenvalue weighted by Crippen LogP contribution is -2.12. The van der Waals surface area contributed by atoms with Crippen LogP contribution in [0.4, 0.5) is 5.69 Å². The monoisotopic (exact) mass is 682 g/mol. The molecule has 50 heavy (non-hydrogen) atoms. The van der Waals surface area contributed by atoms with Crippen LogP contribution in [-0.2, 0) is 12.8 Å². The summed E-state index contributed by atoms with van der Waals surface area (Å²) in [7, 11) is 4.34. The van der Waals surface area contributed by atoms with Gasteiger partial charge in [-0.05, 0) is 86.8 Å². The summed E-state index contributed by atoms with van der Waals surface area (Å²) in [6.07, 6.45) is -0.171. The number of aromatic amines is 1. The zero-order valence-electron chi connectivity index (χ0n) is 28.7. The highest BCUT2D eigenvalue weighted by atomic mass is 16.5. The van der Waals surface area contributed by atoms with E-state index in [4.69, 9.17) is 14.2 Å². The molecule has 1 amide bonds. The number of hydrogen-bond donors (Lipinski definition) is 6. The molecule has 260 valence electrons. The molecule has 12 nitrogen and oxygen atoms in total. The van der Waals surface area contributed by atoms with Gasteiger partial charge in [-0.25, -0.2) is 0 Å². The van der Waals surface area contributed by atoms with Gasteiger partial charge in [0, 0.05) is 51.8 Å². The molecule has 0 aliphatic carbocycles. The van der Waals surface area contributed by atoms with Crippen LogP contribution in [0.3, 0.4) is 0 Å². The number of ether oxygens (including phenoxy) is 3. The fourth-order valence-electron chi connectivity index (χ4n) is 6.11. The van der Waals surface area contributed by atoms with Gasteiger partial charge in [0.25, 0.3) is 5.91 Å². The van der Waals surface area contributed by atoms with E-state index in [0.717, 1.165) is 0 Å². The van der Waals surface area contributed by atoms with Crippen molar-refractivity contribution in [1.82, 2.24) is 4.98 Å². The first-order valence-electron chi connectivity index (χ1n) is 15.6. The van der Waals surface area contributed by atoms with Crippen LogP contribution in [0.2, 0.25) is 0 Å². The molecule has 0 aliphatic heterocycles. The highest BCUT2D eigenvalue weighted by Crippen LogP contribution is 2.42. The van der Waals surface area contributed by atoms with Gasteiger partial charge in [-0.1, -0.05) is 0 Å². The number of ketones is 2. The number of phenolic OH excluding ortho intramolecular Hbond substituents is 4. The molecule has 0 atom stereocenters. The molecule has 0 spiro atoms. The van der Waals surface area contributed by atoms with Gasteiger partial charge in [0.05, 0.1) is 32.5 Å². The van der Waals surface area contributed by atoms with E-state index in [1.165, 1.54) is 59.4 Å². The largest absolute Gasteiger partial charge is 0.507 e. The number of nitrogens with one attached hydrogen (secondary N) is 2. The number of carbonyl (C=O) groups is 3. The van der Waals surface area contributed by atoms with Crippen molar-refractivity contribution in [3.05, 3.63) is 92.7 Å². The van der Waals surface area contributed by atoms with Crippen LogP contribution in [-0.4, -0.2) is 64.2 Å². The van der Waals surface area contributed by atoms with Crippen molar-refractivity contribution in [3.8, 4) is 40.2 Å². The number of anilines is 1. The number of methoxy groups -OCH3 is 3. The lowest BCUT2D eigenvalue weighted by Gasteiger charge is -2.16. The lowest BCUT2D eigenvalue weighted by molar-refractivity contribution is 0.100. The minimum Gasteiger partial charge on any atom is -0.507 e. The molecule has 12 heteroatoms. The highest BCUT2D eigenvalue weighted by molar-refractivity contribution is 6.06. The Bertz CT molecular complexity index is 2170. The van der Waals surface area contributed by atoms with Crippen LogP contribution in [0.15, 0.2) is 42.5 Å². The van der Waals surface area contributed by atoms with Crippen molar-refractivity contribution < 1.29 is 49.0 Å². The normalized spacial score (nSPS) is 11.0. The summed E-state index contributed by atoms with van der Waals surface area (Å²) >= 11 is 0. The molecule has 0 fully saturated rings.